The second-order valence-corrected chi connectivity index (χ2v) is 7.33. The lowest BCUT2D eigenvalue weighted by atomic mass is 10.2. The van der Waals surface area contributed by atoms with Crippen molar-refractivity contribution in [3.05, 3.63) is 26.6 Å². The van der Waals surface area contributed by atoms with Crippen molar-refractivity contribution in [3.63, 3.8) is 0 Å². The third kappa shape index (κ3) is 4.45. The Balaban J connectivity index is 1.52. The quantitative estimate of drug-likeness (QED) is 0.519. The topological polar surface area (TPSA) is 30.5 Å². The summed E-state index contributed by atoms with van der Waals surface area (Å²) in [6.07, 6.45) is 5.22. The van der Waals surface area contributed by atoms with Crippen molar-refractivity contribution in [1.29, 1.82) is 0 Å². The highest BCUT2D eigenvalue weighted by molar-refractivity contribution is 9.11. The van der Waals surface area contributed by atoms with Crippen LogP contribution in [0.3, 0.4) is 0 Å². The van der Waals surface area contributed by atoms with Crippen molar-refractivity contribution in [2.24, 2.45) is 5.92 Å². The fraction of sp³-hybridized carbons (Fsp3) is 0.600. The maximum atomic E-state index is 5.70. The number of ether oxygens (including phenoxy) is 2. The van der Waals surface area contributed by atoms with Gasteiger partial charge in [0.25, 0.3) is 0 Å². The van der Waals surface area contributed by atoms with E-state index in [1.807, 2.05) is 0 Å². The fourth-order valence-electron chi connectivity index (χ4n) is 2.00. The van der Waals surface area contributed by atoms with Gasteiger partial charge in [0.1, 0.15) is 0 Å². The second-order valence-electron chi connectivity index (χ2n) is 5.62. The standard InChI is InChI=1S/C15H19Br2NO2/c16-13-5-11(7-18-12-3-4-12)6-14(17)15(13)20-9-19-8-10-1-2-10/h5-6,10,12,18H,1-4,7-9H2. The summed E-state index contributed by atoms with van der Waals surface area (Å²) < 4.78 is 13.1. The molecule has 3 nitrogen and oxygen atoms in total. The number of hydrogen-bond donors (Lipinski definition) is 1. The summed E-state index contributed by atoms with van der Waals surface area (Å²) in [5.74, 6) is 1.58. The Labute approximate surface area is 136 Å². The first kappa shape index (κ1) is 14.8. The molecule has 0 bridgehead atoms. The summed E-state index contributed by atoms with van der Waals surface area (Å²) in [7, 11) is 0. The second kappa shape index (κ2) is 6.77. The molecule has 0 aromatic heterocycles. The summed E-state index contributed by atoms with van der Waals surface area (Å²) in [6, 6.07) is 4.94. The predicted octanol–water partition coefficient (Wildman–Crippen LogP) is 4.23. The van der Waals surface area contributed by atoms with Crippen LogP contribution in [-0.2, 0) is 11.3 Å². The maximum absolute atomic E-state index is 5.70. The van der Waals surface area contributed by atoms with Gasteiger partial charge in [0.05, 0.1) is 15.6 Å². The molecule has 2 fully saturated rings. The van der Waals surface area contributed by atoms with E-state index in [2.05, 4.69) is 49.3 Å². The van der Waals surface area contributed by atoms with Crippen LogP contribution in [0.5, 0.6) is 5.75 Å². The highest BCUT2D eigenvalue weighted by atomic mass is 79.9. The Kier molecular flexibility index (Phi) is 5.02. The van der Waals surface area contributed by atoms with Crippen LogP contribution in [0.1, 0.15) is 31.2 Å². The number of nitrogens with one attached hydrogen (secondary N) is 1. The Morgan fingerprint density at radius 1 is 1.10 bits per heavy atom. The molecular formula is C15H19Br2NO2. The van der Waals surface area contributed by atoms with Crippen molar-refractivity contribution < 1.29 is 9.47 Å². The lowest BCUT2D eigenvalue weighted by Crippen LogP contribution is -2.15. The van der Waals surface area contributed by atoms with E-state index in [9.17, 15) is 0 Å². The van der Waals surface area contributed by atoms with Crippen molar-refractivity contribution in [1.82, 2.24) is 5.32 Å². The van der Waals surface area contributed by atoms with E-state index >= 15 is 0 Å². The third-order valence-electron chi connectivity index (χ3n) is 3.57. The van der Waals surface area contributed by atoms with Crippen LogP contribution in [0.4, 0.5) is 0 Å². The molecule has 20 heavy (non-hydrogen) atoms. The highest BCUT2D eigenvalue weighted by Crippen LogP contribution is 2.35. The van der Waals surface area contributed by atoms with Gasteiger partial charge in [0.15, 0.2) is 12.5 Å². The minimum atomic E-state index is 0.313. The Morgan fingerprint density at radius 3 is 2.40 bits per heavy atom. The van der Waals surface area contributed by atoms with Gasteiger partial charge < -0.3 is 14.8 Å². The van der Waals surface area contributed by atoms with E-state index in [0.717, 1.165) is 39.8 Å². The normalized spacial score (nSPS) is 18.3. The first-order valence-corrected chi connectivity index (χ1v) is 8.73. The SMILES string of the molecule is Brc1cc(CNC2CC2)cc(Br)c1OCOCC1CC1. The Hall–Kier alpha value is -0.100. The minimum Gasteiger partial charge on any atom is -0.465 e. The molecule has 1 aromatic rings. The van der Waals surface area contributed by atoms with E-state index in [4.69, 9.17) is 9.47 Å². The van der Waals surface area contributed by atoms with Crippen LogP contribution in [0.2, 0.25) is 0 Å². The summed E-state index contributed by atoms with van der Waals surface area (Å²) in [4.78, 5) is 0. The number of rotatable bonds is 8. The molecule has 0 atom stereocenters. The molecule has 0 amide bonds. The maximum Gasteiger partial charge on any atom is 0.189 e. The zero-order valence-corrected chi connectivity index (χ0v) is 14.5. The Morgan fingerprint density at radius 2 is 1.80 bits per heavy atom. The van der Waals surface area contributed by atoms with Gasteiger partial charge in [-0.2, -0.15) is 0 Å². The van der Waals surface area contributed by atoms with E-state index in [-0.39, 0.29) is 0 Å². The third-order valence-corrected chi connectivity index (χ3v) is 4.75. The van der Waals surface area contributed by atoms with Gasteiger partial charge in [-0.05, 0) is 81.2 Å². The van der Waals surface area contributed by atoms with Crippen LogP contribution < -0.4 is 10.1 Å². The van der Waals surface area contributed by atoms with Crippen molar-refractivity contribution in [2.75, 3.05) is 13.4 Å². The molecule has 2 aliphatic rings. The lowest BCUT2D eigenvalue weighted by molar-refractivity contribution is 0.00913. The van der Waals surface area contributed by atoms with E-state index in [0.29, 0.717) is 6.79 Å². The zero-order chi connectivity index (χ0) is 13.9. The molecule has 0 spiro atoms. The molecular weight excluding hydrogens is 386 g/mol. The Bertz CT molecular complexity index is 450. The molecule has 110 valence electrons. The van der Waals surface area contributed by atoms with Gasteiger partial charge >= 0.3 is 0 Å². The van der Waals surface area contributed by atoms with Crippen LogP contribution in [0.15, 0.2) is 21.1 Å². The summed E-state index contributed by atoms with van der Waals surface area (Å²) in [6.45, 7) is 2.03. The van der Waals surface area contributed by atoms with Crippen LogP contribution in [0.25, 0.3) is 0 Å². The summed E-state index contributed by atoms with van der Waals surface area (Å²) in [5, 5.41) is 3.51. The van der Waals surface area contributed by atoms with Crippen LogP contribution >= 0.6 is 31.9 Å². The monoisotopic (exact) mass is 403 g/mol. The van der Waals surface area contributed by atoms with Crippen molar-refractivity contribution in [3.8, 4) is 5.75 Å². The number of halogens is 2. The zero-order valence-electron chi connectivity index (χ0n) is 11.3. The minimum absolute atomic E-state index is 0.313. The van der Waals surface area contributed by atoms with Gasteiger partial charge in [0, 0.05) is 12.6 Å². The molecule has 0 unspecified atom stereocenters. The molecule has 2 saturated carbocycles. The molecule has 0 aliphatic heterocycles. The molecule has 3 rings (SSSR count). The van der Waals surface area contributed by atoms with E-state index in [1.54, 1.807) is 0 Å². The fourth-order valence-corrected chi connectivity index (χ4v) is 3.51. The molecule has 0 radical (unpaired) electrons. The molecule has 2 aliphatic carbocycles. The van der Waals surface area contributed by atoms with E-state index in [1.165, 1.54) is 31.2 Å². The lowest BCUT2D eigenvalue weighted by Gasteiger charge is -2.13. The average molecular weight is 405 g/mol. The van der Waals surface area contributed by atoms with Crippen molar-refractivity contribution in [2.45, 2.75) is 38.3 Å². The van der Waals surface area contributed by atoms with Gasteiger partial charge in [-0.1, -0.05) is 0 Å². The number of benzene rings is 1. The molecule has 1 N–H and O–H groups in total. The molecule has 1 aromatic carbocycles. The average Bonchev–Trinajstić information content (AvgIpc) is 3.28. The largest absolute Gasteiger partial charge is 0.465 e. The first-order chi connectivity index (χ1) is 9.72. The van der Waals surface area contributed by atoms with Gasteiger partial charge in [0.2, 0.25) is 0 Å². The van der Waals surface area contributed by atoms with Crippen LogP contribution in [-0.4, -0.2) is 19.4 Å². The molecule has 0 saturated heterocycles. The molecule has 0 heterocycles. The van der Waals surface area contributed by atoms with Crippen molar-refractivity contribution >= 4 is 31.9 Å². The van der Waals surface area contributed by atoms with Crippen LogP contribution in [0, 0.1) is 5.92 Å². The summed E-state index contributed by atoms with van der Waals surface area (Å²) >= 11 is 7.15. The number of hydrogen-bond acceptors (Lipinski definition) is 3. The van der Waals surface area contributed by atoms with Gasteiger partial charge in [-0.3, -0.25) is 0 Å². The molecule has 5 heteroatoms. The van der Waals surface area contributed by atoms with E-state index < -0.39 is 0 Å². The smallest absolute Gasteiger partial charge is 0.189 e. The first-order valence-electron chi connectivity index (χ1n) is 7.14. The van der Waals surface area contributed by atoms with Gasteiger partial charge in [-0.15, -0.1) is 0 Å². The van der Waals surface area contributed by atoms with Gasteiger partial charge in [-0.25, -0.2) is 0 Å². The summed E-state index contributed by atoms with van der Waals surface area (Å²) in [5.41, 5.74) is 1.25. The highest BCUT2D eigenvalue weighted by Gasteiger charge is 2.22. The predicted molar refractivity (Wildman–Crippen MR) is 85.9 cm³/mol.